The van der Waals surface area contributed by atoms with Crippen molar-refractivity contribution in [1.82, 2.24) is 4.90 Å². The molecule has 6 nitrogen and oxygen atoms in total. The zero-order valence-corrected chi connectivity index (χ0v) is 16.1. The lowest BCUT2D eigenvalue weighted by atomic mass is 10.3. The van der Waals surface area contributed by atoms with Crippen LogP contribution in [0.4, 0.5) is 5.69 Å². The van der Waals surface area contributed by atoms with Crippen LogP contribution in [0, 0.1) is 0 Å². The first-order valence-electron chi connectivity index (χ1n) is 9.44. The fourth-order valence-corrected chi connectivity index (χ4v) is 2.64. The van der Waals surface area contributed by atoms with Gasteiger partial charge in [0.05, 0.1) is 13.2 Å². The molecule has 1 atom stereocenters. The largest absolute Gasteiger partial charge is 0.487 e. The topological polar surface area (TPSA) is 77.2 Å². The Balaban J connectivity index is 0.00000126. The number of nitrogen functional groups attached to an aromatic ring is 1. The zero-order chi connectivity index (χ0) is 19.5. The third kappa shape index (κ3) is 7.09. The van der Waals surface area contributed by atoms with Crippen molar-refractivity contribution >= 4 is 5.69 Å². The predicted molar refractivity (Wildman–Crippen MR) is 107 cm³/mol. The summed E-state index contributed by atoms with van der Waals surface area (Å²) in [7, 11) is 0. The van der Waals surface area contributed by atoms with E-state index in [-0.39, 0.29) is 6.61 Å². The average molecular weight is 374 g/mol. The smallest absolute Gasteiger partial charge is 0.169 e. The van der Waals surface area contributed by atoms with Gasteiger partial charge in [-0.2, -0.15) is 0 Å². The van der Waals surface area contributed by atoms with E-state index in [0.29, 0.717) is 42.7 Å². The number of nitrogens with zero attached hydrogens (tertiary/aromatic N) is 1. The van der Waals surface area contributed by atoms with Crippen LogP contribution in [0.5, 0.6) is 17.2 Å². The number of aliphatic hydroxyl groups is 1. The van der Waals surface area contributed by atoms with Gasteiger partial charge in [-0.3, -0.25) is 4.90 Å². The Morgan fingerprint density at radius 3 is 2.33 bits per heavy atom. The summed E-state index contributed by atoms with van der Waals surface area (Å²) < 4.78 is 16.9. The molecule has 6 heteroatoms. The lowest BCUT2D eigenvalue weighted by Crippen LogP contribution is -2.42. The van der Waals surface area contributed by atoms with Gasteiger partial charge in [0.1, 0.15) is 18.5 Å². The molecule has 1 unspecified atom stereocenters. The monoisotopic (exact) mass is 374 g/mol. The van der Waals surface area contributed by atoms with Gasteiger partial charge in [-0.05, 0) is 36.4 Å². The van der Waals surface area contributed by atoms with Crippen molar-refractivity contribution in [3.8, 4) is 17.2 Å². The number of anilines is 1. The van der Waals surface area contributed by atoms with Gasteiger partial charge in [0, 0.05) is 25.3 Å². The maximum atomic E-state index is 10.2. The second-order valence-corrected chi connectivity index (χ2v) is 6.00. The normalized spacial score (nSPS) is 15.4. The number of morpholine rings is 1. The van der Waals surface area contributed by atoms with Crippen molar-refractivity contribution in [2.24, 2.45) is 0 Å². The van der Waals surface area contributed by atoms with Crippen molar-refractivity contribution in [2.45, 2.75) is 20.0 Å². The quantitative estimate of drug-likeness (QED) is 0.725. The third-order valence-corrected chi connectivity index (χ3v) is 3.96. The first-order valence-corrected chi connectivity index (χ1v) is 9.44. The molecule has 1 aliphatic heterocycles. The van der Waals surface area contributed by atoms with Gasteiger partial charge in [0.15, 0.2) is 11.5 Å². The molecule has 0 saturated carbocycles. The molecule has 1 fully saturated rings. The van der Waals surface area contributed by atoms with Crippen LogP contribution in [0.3, 0.4) is 0 Å². The second kappa shape index (κ2) is 11.4. The van der Waals surface area contributed by atoms with Crippen LogP contribution in [0.1, 0.15) is 13.8 Å². The lowest BCUT2D eigenvalue weighted by molar-refractivity contribution is 0.00449. The van der Waals surface area contributed by atoms with Crippen molar-refractivity contribution in [2.75, 3.05) is 45.2 Å². The minimum absolute atomic E-state index is 0.208. The van der Waals surface area contributed by atoms with Gasteiger partial charge >= 0.3 is 0 Å². The number of ether oxygens (including phenoxy) is 3. The summed E-state index contributed by atoms with van der Waals surface area (Å²) in [6.45, 7) is 7.89. The summed E-state index contributed by atoms with van der Waals surface area (Å²) in [5.74, 6) is 1.88. The number of β-amino-alcohol motifs (C(OH)–C–C–N with tert-alkyl or cyclic N) is 1. The number of rotatable bonds is 7. The molecular formula is C21H30N2O4. The number of hydrogen-bond acceptors (Lipinski definition) is 6. The molecule has 2 aromatic rings. The van der Waals surface area contributed by atoms with Gasteiger partial charge in [0.25, 0.3) is 0 Å². The molecule has 2 aromatic carbocycles. The number of para-hydroxylation sites is 2. The van der Waals surface area contributed by atoms with Crippen molar-refractivity contribution < 1.29 is 19.3 Å². The summed E-state index contributed by atoms with van der Waals surface area (Å²) in [6, 6.07) is 14.6. The molecule has 3 N–H and O–H groups in total. The van der Waals surface area contributed by atoms with Gasteiger partial charge in [-0.15, -0.1) is 0 Å². The van der Waals surface area contributed by atoms with E-state index in [0.717, 1.165) is 13.1 Å². The molecule has 1 aliphatic rings. The number of aliphatic hydroxyl groups excluding tert-OH is 1. The van der Waals surface area contributed by atoms with Crippen LogP contribution in [0.25, 0.3) is 0 Å². The van der Waals surface area contributed by atoms with Crippen molar-refractivity contribution in [3.05, 3.63) is 48.5 Å². The summed E-state index contributed by atoms with van der Waals surface area (Å²) in [5.41, 5.74) is 6.37. The molecule has 0 radical (unpaired) electrons. The van der Waals surface area contributed by atoms with Crippen LogP contribution in [-0.4, -0.2) is 55.6 Å². The molecule has 3 rings (SSSR count). The van der Waals surface area contributed by atoms with E-state index >= 15 is 0 Å². The maximum absolute atomic E-state index is 10.2. The van der Waals surface area contributed by atoms with Gasteiger partial charge in [-0.25, -0.2) is 0 Å². The average Bonchev–Trinajstić information content (AvgIpc) is 2.71. The second-order valence-electron chi connectivity index (χ2n) is 6.00. The summed E-state index contributed by atoms with van der Waals surface area (Å²) >= 11 is 0. The predicted octanol–water partition coefficient (Wildman–Crippen LogP) is 3.16. The Labute approximate surface area is 161 Å². The standard InChI is InChI=1S/C19H24N2O4.C2H6/c20-15-5-7-17(8-6-15)25-19-4-2-1-3-18(19)24-14-16(22)13-21-9-11-23-12-10-21;1-2/h1-8,16,22H,9-14,20H2;1-2H3. The van der Waals surface area contributed by atoms with Gasteiger partial charge in [-0.1, -0.05) is 26.0 Å². The zero-order valence-electron chi connectivity index (χ0n) is 16.1. The minimum atomic E-state index is -0.567. The Morgan fingerprint density at radius 1 is 1.04 bits per heavy atom. The van der Waals surface area contributed by atoms with E-state index in [9.17, 15) is 5.11 Å². The molecule has 1 heterocycles. The van der Waals surface area contributed by atoms with Crippen LogP contribution < -0.4 is 15.2 Å². The van der Waals surface area contributed by atoms with E-state index in [1.54, 1.807) is 24.3 Å². The van der Waals surface area contributed by atoms with Crippen molar-refractivity contribution in [1.29, 1.82) is 0 Å². The molecule has 0 spiro atoms. The SMILES string of the molecule is CC.Nc1ccc(Oc2ccccc2OCC(O)CN2CCOCC2)cc1. The molecule has 0 aliphatic carbocycles. The molecule has 148 valence electrons. The molecule has 1 saturated heterocycles. The first-order chi connectivity index (χ1) is 13.2. The highest BCUT2D eigenvalue weighted by atomic mass is 16.5. The summed E-state index contributed by atoms with van der Waals surface area (Å²) in [5, 5.41) is 10.2. The Bertz CT molecular complexity index is 657. The highest BCUT2D eigenvalue weighted by Gasteiger charge is 2.16. The highest BCUT2D eigenvalue weighted by molar-refractivity contribution is 5.46. The van der Waals surface area contributed by atoms with E-state index < -0.39 is 6.10 Å². The first kappa shape index (κ1) is 21.0. The maximum Gasteiger partial charge on any atom is 0.169 e. The Morgan fingerprint density at radius 2 is 1.67 bits per heavy atom. The fraction of sp³-hybridized carbons (Fsp3) is 0.429. The van der Waals surface area contributed by atoms with Crippen LogP contribution in [0.2, 0.25) is 0 Å². The van der Waals surface area contributed by atoms with E-state index in [1.807, 2.05) is 38.1 Å². The molecule has 0 aromatic heterocycles. The lowest BCUT2D eigenvalue weighted by Gasteiger charge is -2.28. The summed E-state index contributed by atoms with van der Waals surface area (Å²) in [6.07, 6.45) is -0.567. The van der Waals surface area contributed by atoms with E-state index in [1.165, 1.54) is 0 Å². The molecular weight excluding hydrogens is 344 g/mol. The number of benzene rings is 2. The van der Waals surface area contributed by atoms with Gasteiger partial charge < -0.3 is 25.1 Å². The highest BCUT2D eigenvalue weighted by Crippen LogP contribution is 2.31. The van der Waals surface area contributed by atoms with Crippen LogP contribution in [0.15, 0.2) is 48.5 Å². The minimum Gasteiger partial charge on any atom is -0.487 e. The molecule has 0 bridgehead atoms. The van der Waals surface area contributed by atoms with Gasteiger partial charge in [0.2, 0.25) is 0 Å². The number of hydrogen-bond donors (Lipinski definition) is 2. The van der Waals surface area contributed by atoms with E-state index in [2.05, 4.69) is 4.90 Å². The number of nitrogens with two attached hydrogens (primary N) is 1. The molecule has 27 heavy (non-hydrogen) atoms. The molecule has 0 amide bonds. The summed E-state index contributed by atoms with van der Waals surface area (Å²) in [4.78, 5) is 2.17. The third-order valence-electron chi connectivity index (χ3n) is 3.96. The Hall–Kier alpha value is -2.28. The van der Waals surface area contributed by atoms with Crippen LogP contribution in [-0.2, 0) is 4.74 Å². The fourth-order valence-electron chi connectivity index (χ4n) is 2.64. The van der Waals surface area contributed by atoms with E-state index in [4.69, 9.17) is 19.9 Å². The van der Waals surface area contributed by atoms with Crippen LogP contribution >= 0.6 is 0 Å². The van der Waals surface area contributed by atoms with Crippen molar-refractivity contribution in [3.63, 3.8) is 0 Å². The Kier molecular flexibility index (Phi) is 8.91.